The number of nitrogens with zero attached hydrogens (tertiary/aromatic N) is 1. The molecular weight excluding hydrogens is 424 g/mol. The second kappa shape index (κ2) is 9.70. The molecule has 1 aliphatic rings. The maximum Gasteiger partial charge on any atom is 0.293 e. The van der Waals surface area contributed by atoms with Gasteiger partial charge >= 0.3 is 0 Å². The first-order valence-electron chi connectivity index (χ1n) is 10.2. The number of imide groups is 1. The van der Waals surface area contributed by atoms with Crippen LogP contribution in [0.1, 0.15) is 11.1 Å². The molecule has 0 atom stereocenters. The van der Waals surface area contributed by atoms with E-state index in [0.29, 0.717) is 4.91 Å². The second-order valence-corrected chi connectivity index (χ2v) is 8.26. The molecule has 0 aromatic heterocycles. The Morgan fingerprint density at radius 2 is 1.78 bits per heavy atom. The van der Waals surface area contributed by atoms with Crippen molar-refractivity contribution in [2.24, 2.45) is 0 Å². The SMILES string of the molecule is COc1ccc(C=C2SC(=O)N(CCNC(=O)Cc3cccc4ccccc34)C2=O)cc1. The summed E-state index contributed by atoms with van der Waals surface area (Å²) in [5.74, 6) is 0.218. The van der Waals surface area contributed by atoms with E-state index in [0.717, 1.165) is 44.3 Å². The summed E-state index contributed by atoms with van der Waals surface area (Å²) >= 11 is 0.904. The van der Waals surface area contributed by atoms with Crippen LogP contribution in [0, 0.1) is 0 Å². The lowest BCUT2D eigenvalue weighted by molar-refractivity contribution is -0.124. The Morgan fingerprint density at radius 3 is 2.56 bits per heavy atom. The summed E-state index contributed by atoms with van der Waals surface area (Å²) in [7, 11) is 1.58. The molecule has 1 saturated heterocycles. The Morgan fingerprint density at radius 1 is 1.03 bits per heavy atom. The van der Waals surface area contributed by atoms with Crippen molar-refractivity contribution in [2.45, 2.75) is 6.42 Å². The van der Waals surface area contributed by atoms with Crippen LogP contribution in [-0.4, -0.2) is 42.2 Å². The zero-order chi connectivity index (χ0) is 22.5. The Labute approximate surface area is 190 Å². The van der Waals surface area contributed by atoms with Crippen LogP contribution in [0.25, 0.3) is 16.8 Å². The number of nitrogens with one attached hydrogen (secondary N) is 1. The molecule has 1 heterocycles. The van der Waals surface area contributed by atoms with Crippen LogP contribution in [0.2, 0.25) is 0 Å². The maximum absolute atomic E-state index is 12.6. The molecule has 0 spiro atoms. The number of fused-ring (bicyclic) bond motifs is 1. The summed E-state index contributed by atoms with van der Waals surface area (Å²) in [5.41, 5.74) is 1.74. The standard InChI is InChI=1S/C25H22N2O4S/c1-31-20-11-9-17(10-12-20)15-22-24(29)27(25(30)32-22)14-13-26-23(28)16-19-7-4-6-18-5-2-3-8-21(18)19/h2-12,15H,13-14,16H2,1H3,(H,26,28). The van der Waals surface area contributed by atoms with Gasteiger partial charge in [-0.1, -0.05) is 54.6 Å². The molecule has 0 aliphatic carbocycles. The van der Waals surface area contributed by atoms with Gasteiger partial charge in [-0.05, 0) is 51.9 Å². The Balaban J connectivity index is 1.33. The van der Waals surface area contributed by atoms with Gasteiger partial charge in [-0.25, -0.2) is 0 Å². The lowest BCUT2D eigenvalue weighted by Crippen LogP contribution is -2.37. The zero-order valence-electron chi connectivity index (χ0n) is 17.5. The number of hydrogen-bond donors (Lipinski definition) is 1. The van der Waals surface area contributed by atoms with Crippen molar-refractivity contribution in [2.75, 3.05) is 20.2 Å². The number of rotatable bonds is 7. The third kappa shape index (κ3) is 4.84. The summed E-state index contributed by atoms with van der Waals surface area (Å²) in [5, 5.41) is 4.60. The summed E-state index contributed by atoms with van der Waals surface area (Å²) in [6, 6.07) is 21.0. The highest BCUT2D eigenvalue weighted by Gasteiger charge is 2.34. The van der Waals surface area contributed by atoms with Crippen molar-refractivity contribution in [1.82, 2.24) is 10.2 Å². The van der Waals surface area contributed by atoms with E-state index in [1.807, 2.05) is 54.6 Å². The van der Waals surface area contributed by atoms with Gasteiger partial charge in [0.25, 0.3) is 11.1 Å². The molecule has 6 nitrogen and oxygen atoms in total. The zero-order valence-corrected chi connectivity index (χ0v) is 18.4. The molecule has 0 radical (unpaired) electrons. The van der Waals surface area contributed by atoms with Crippen LogP contribution >= 0.6 is 11.8 Å². The number of methoxy groups -OCH3 is 1. The summed E-state index contributed by atoms with van der Waals surface area (Å²) < 4.78 is 5.13. The lowest BCUT2D eigenvalue weighted by atomic mass is 10.0. The minimum atomic E-state index is -0.348. The van der Waals surface area contributed by atoms with Gasteiger partial charge in [0.05, 0.1) is 18.4 Å². The van der Waals surface area contributed by atoms with Gasteiger partial charge in [0.1, 0.15) is 5.75 Å². The quantitative estimate of drug-likeness (QED) is 0.550. The number of carbonyl (C=O) groups excluding carboxylic acids is 3. The van der Waals surface area contributed by atoms with Gasteiger partial charge in [-0.3, -0.25) is 19.3 Å². The smallest absolute Gasteiger partial charge is 0.293 e. The molecule has 0 saturated carbocycles. The van der Waals surface area contributed by atoms with Crippen molar-refractivity contribution in [3.05, 3.63) is 82.8 Å². The minimum absolute atomic E-state index is 0.131. The van der Waals surface area contributed by atoms with Gasteiger partial charge in [0.15, 0.2) is 0 Å². The number of thioether (sulfide) groups is 1. The maximum atomic E-state index is 12.6. The summed E-state index contributed by atoms with van der Waals surface area (Å²) in [6.45, 7) is 0.337. The molecule has 3 aromatic carbocycles. The molecule has 0 unspecified atom stereocenters. The molecule has 1 fully saturated rings. The molecule has 3 aromatic rings. The molecule has 1 aliphatic heterocycles. The van der Waals surface area contributed by atoms with Crippen LogP contribution < -0.4 is 10.1 Å². The summed E-state index contributed by atoms with van der Waals surface area (Å²) in [6.07, 6.45) is 1.92. The van der Waals surface area contributed by atoms with Crippen LogP contribution in [-0.2, 0) is 16.0 Å². The predicted molar refractivity (Wildman–Crippen MR) is 126 cm³/mol. The normalized spacial score (nSPS) is 14.9. The summed E-state index contributed by atoms with van der Waals surface area (Å²) in [4.78, 5) is 38.9. The molecule has 0 bridgehead atoms. The van der Waals surface area contributed by atoms with Crippen LogP contribution in [0.4, 0.5) is 4.79 Å². The van der Waals surface area contributed by atoms with E-state index in [1.165, 1.54) is 0 Å². The third-order valence-corrected chi connectivity index (χ3v) is 6.08. The van der Waals surface area contributed by atoms with Crippen LogP contribution in [0.5, 0.6) is 5.75 Å². The first-order valence-corrected chi connectivity index (χ1v) is 11.0. The van der Waals surface area contributed by atoms with E-state index >= 15 is 0 Å². The van der Waals surface area contributed by atoms with E-state index < -0.39 is 0 Å². The second-order valence-electron chi connectivity index (χ2n) is 7.27. The molecule has 32 heavy (non-hydrogen) atoms. The van der Waals surface area contributed by atoms with E-state index in [-0.39, 0.29) is 36.6 Å². The number of carbonyl (C=O) groups is 3. The fourth-order valence-electron chi connectivity index (χ4n) is 3.53. The highest BCUT2D eigenvalue weighted by atomic mass is 32.2. The van der Waals surface area contributed by atoms with E-state index in [9.17, 15) is 14.4 Å². The van der Waals surface area contributed by atoms with E-state index in [1.54, 1.807) is 25.3 Å². The van der Waals surface area contributed by atoms with Gasteiger partial charge in [0, 0.05) is 13.1 Å². The number of amides is 3. The molecular formula is C25H22N2O4S. The Hall–Kier alpha value is -3.58. The first kappa shape index (κ1) is 21.6. The van der Waals surface area contributed by atoms with Gasteiger partial charge in [-0.15, -0.1) is 0 Å². The van der Waals surface area contributed by atoms with E-state index in [2.05, 4.69) is 5.32 Å². The number of benzene rings is 3. The van der Waals surface area contributed by atoms with Gasteiger partial charge < -0.3 is 10.1 Å². The molecule has 7 heteroatoms. The monoisotopic (exact) mass is 446 g/mol. The Kier molecular flexibility index (Phi) is 6.56. The lowest BCUT2D eigenvalue weighted by Gasteiger charge is -2.13. The molecule has 3 amide bonds. The van der Waals surface area contributed by atoms with E-state index in [4.69, 9.17) is 4.74 Å². The highest BCUT2D eigenvalue weighted by molar-refractivity contribution is 8.18. The fraction of sp³-hybridized carbons (Fsp3) is 0.160. The van der Waals surface area contributed by atoms with Crippen molar-refractivity contribution in [3.63, 3.8) is 0 Å². The fourth-order valence-corrected chi connectivity index (χ4v) is 4.40. The first-order chi connectivity index (χ1) is 15.5. The van der Waals surface area contributed by atoms with Gasteiger partial charge in [-0.2, -0.15) is 0 Å². The molecule has 162 valence electrons. The van der Waals surface area contributed by atoms with Crippen molar-refractivity contribution in [1.29, 1.82) is 0 Å². The van der Waals surface area contributed by atoms with Gasteiger partial charge in [0.2, 0.25) is 5.91 Å². The largest absolute Gasteiger partial charge is 0.497 e. The third-order valence-electron chi connectivity index (χ3n) is 5.18. The number of ether oxygens (including phenoxy) is 1. The average molecular weight is 447 g/mol. The van der Waals surface area contributed by atoms with Crippen LogP contribution in [0.3, 0.4) is 0 Å². The highest BCUT2D eigenvalue weighted by Crippen LogP contribution is 2.32. The topological polar surface area (TPSA) is 75.7 Å². The minimum Gasteiger partial charge on any atom is -0.497 e. The van der Waals surface area contributed by atoms with Crippen molar-refractivity contribution >= 4 is 45.7 Å². The van der Waals surface area contributed by atoms with Crippen molar-refractivity contribution < 1.29 is 19.1 Å². The Bertz CT molecular complexity index is 1200. The van der Waals surface area contributed by atoms with Crippen LogP contribution in [0.15, 0.2) is 71.6 Å². The molecule has 1 N–H and O–H groups in total. The predicted octanol–water partition coefficient (Wildman–Crippen LogP) is 4.24. The molecule has 4 rings (SSSR count). The number of hydrogen-bond acceptors (Lipinski definition) is 5. The average Bonchev–Trinajstić information content (AvgIpc) is 3.07. The van der Waals surface area contributed by atoms with Crippen molar-refractivity contribution in [3.8, 4) is 5.75 Å².